The minimum Gasteiger partial charge on any atom is -0.493 e. The first kappa shape index (κ1) is 22.9. The highest BCUT2D eigenvalue weighted by Gasteiger charge is 2.44. The summed E-state index contributed by atoms with van der Waals surface area (Å²) in [4.78, 5) is 28.7. The van der Waals surface area contributed by atoms with E-state index in [1.54, 1.807) is 12.1 Å². The van der Waals surface area contributed by atoms with Gasteiger partial charge in [-0.1, -0.05) is 0 Å². The average Bonchev–Trinajstić information content (AvgIpc) is 3.43. The number of hydrogen-bond acceptors (Lipinski definition) is 7. The summed E-state index contributed by atoms with van der Waals surface area (Å²) in [7, 11) is 0. The van der Waals surface area contributed by atoms with Gasteiger partial charge in [-0.3, -0.25) is 9.59 Å². The zero-order chi connectivity index (χ0) is 25.9. The molecule has 0 unspecified atom stereocenters. The molecule has 2 fully saturated rings. The second-order valence-electron chi connectivity index (χ2n) is 10.4. The molecule has 4 aromatic rings. The minimum absolute atomic E-state index is 0.0152. The van der Waals surface area contributed by atoms with Gasteiger partial charge < -0.3 is 18.9 Å². The molecule has 1 aliphatic carbocycles. The van der Waals surface area contributed by atoms with Crippen molar-refractivity contribution in [2.24, 2.45) is 0 Å². The van der Waals surface area contributed by atoms with E-state index in [1.165, 1.54) is 12.8 Å². The average molecular weight is 513 g/mol. The highest BCUT2D eigenvalue weighted by atomic mass is 16.5. The van der Waals surface area contributed by atoms with Crippen molar-refractivity contribution in [1.82, 2.24) is 30.1 Å². The van der Waals surface area contributed by atoms with Gasteiger partial charge in [0.05, 0.1) is 24.1 Å². The van der Waals surface area contributed by atoms with E-state index in [-0.39, 0.29) is 18.1 Å². The Morgan fingerprint density at radius 1 is 1.18 bits per heavy atom. The van der Waals surface area contributed by atoms with Crippen molar-refractivity contribution in [2.75, 3.05) is 19.7 Å². The Morgan fingerprint density at radius 2 is 2.03 bits per heavy atom. The van der Waals surface area contributed by atoms with Crippen LogP contribution in [0.25, 0.3) is 22.3 Å². The molecule has 194 valence electrons. The third-order valence-corrected chi connectivity index (χ3v) is 7.94. The van der Waals surface area contributed by atoms with E-state index in [2.05, 4.69) is 37.5 Å². The molecule has 2 aromatic carbocycles. The second-order valence-corrected chi connectivity index (χ2v) is 10.4. The number of piperidine rings is 1. The monoisotopic (exact) mass is 512 g/mol. The van der Waals surface area contributed by atoms with E-state index >= 15 is 0 Å². The number of likely N-dealkylation sites (tertiary alicyclic amines) is 1. The van der Waals surface area contributed by atoms with Gasteiger partial charge in [0.1, 0.15) is 17.1 Å². The van der Waals surface area contributed by atoms with E-state index < -0.39 is 5.60 Å². The van der Waals surface area contributed by atoms with Crippen LogP contribution in [0, 0.1) is 0 Å². The molecule has 1 N–H and O–H groups in total. The van der Waals surface area contributed by atoms with Crippen molar-refractivity contribution < 1.29 is 19.1 Å². The fourth-order valence-electron chi connectivity index (χ4n) is 5.79. The minimum atomic E-state index is -0.602. The first-order valence-corrected chi connectivity index (χ1v) is 13.2. The number of amides is 1. The molecule has 0 bridgehead atoms. The topological polar surface area (TPSA) is 115 Å². The molecule has 1 spiro atoms. The van der Waals surface area contributed by atoms with Crippen LogP contribution in [0.4, 0.5) is 0 Å². The number of hydrogen-bond donors (Lipinski definition) is 1. The number of fused-ring (bicyclic) bond motifs is 2. The molecular weight excluding hydrogens is 484 g/mol. The lowest BCUT2D eigenvalue weighted by molar-refractivity contribution is -0.00570. The number of carbonyl (C=O) groups is 2. The van der Waals surface area contributed by atoms with Crippen LogP contribution in [0.5, 0.6) is 11.5 Å². The van der Waals surface area contributed by atoms with E-state index in [9.17, 15) is 9.59 Å². The van der Waals surface area contributed by atoms with Gasteiger partial charge in [0, 0.05) is 54.7 Å². The lowest BCUT2D eigenvalue weighted by atomic mass is 9.82. The number of ketones is 1. The number of nitrogens with one attached hydrogen (secondary N) is 1. The molecule has 0 radical (unpaired) electrons. The largest absolute Gasteiger partial charge is 0.493 e. The van der Waals surface area contributed by atoms with Crippen LogP contribution in [-0.2, 0) is 0 Å². The molecule has 2 aromatic heterocycles. The summed E-state index contributed by atoms with van der Waals surface area (Å²) >= 11 is 0. The van der Waals surface area contributed by atoms with Gasteiger partial charge in [0.2, 0.25) is 5.82 Å². The molecule has 1 saturated carbocycles. The smallest absolute Gasteiger partial charge is 0.254 e. The van der Waals surface area contributed by atoms with Gasteiger partial charge in [-0.05, 0) is 61.4 Å². The van der Waals surface area contributed by atoms with Crippen LogP contribution in [0.1, 0.15) is 65.8 Å². The Morgan fingerprint density at radius 3 is 2.76 bits per heavy atom. The van der Waals surface area contributed by atoms with E-state index in [1.807, 2.05) is 30.0 Å². The van der Waals surface area contributed by atoms with Crippen LogP contribution in [0.3, 0.4) is 0 Å². The summed E-state index contributed by atoms with van der Waals surface area (Å²) in [6.07, 6.45) is 5.91. The Balaban J connectivity index is 1.10. The predicted molar refractivity (Wildman–Crippen MR) is 138 cm³/mol. The maximum atomic E-state index is 13.6. The van der Waals surface area contributed by atoms with Gasteiger partial charge in [-0.2, -0.15) is 5.21 Å². The quantitative estimate of drug-likeness (QED) is 0.426. The third kappa shape index (κ3) is 3.82. The van der Waals surface area contributed by atoms with Gasteiger partial charge >= 0.3 is 0 Å². The number of H-pyrrole nitrogens is 1. The maximum Gasteiger partial charge on any atom is 0.254 e. The first-order chi connectivity index (χ1) is 18.5. The van der Waals surface area contributed by atoms with Crippen molar-refractivity contribution in [3.63, 3.8) is 0 Å². The van der Waals surface area contributed by atoms with Gasteiger partial charge in [-0.15, -0.1) is 10.2 Å². The summed E-state index contributed by atoms with van der Waals surface area (Å²) in [5, 5.41) is 15.1. The standard InChI is InChI=1S/C28H28N6O4/c1-2-37-25-15-18(14-22-20(25)7-10-34(22)19-4-5-19)27(36)33-11-8-28(9-12-33)16-23(35)21-13-17(3-6-24(21)38-28)26-29-31-32-30-26/h3,6-7,10,13-15,19H,2,4-5,8-9,11-12,16H2,1H3,(H,29,30,31,32). The van der Waals surface area contributed by atoms with Crippen molar-refractivity contribution >= 4 is 22.6 Å². The lowest BCUT2D eigenvalue weighted by Gasteiger charge is -2.44. The molecule has 3 aliphatic rings. The Kier molecular flexibility index (Phi) is 5.24. The number of ether oxygens (including phenoxy) is 2. The predicted octanol–water partition coefficient (Wildman–Crippen LogP) is 4.20. The number of tetrazole rings is 1. The Hall–Kier alpha value is -4.21. The molecule has 38 heavy (non-hydrogen) atoms. The summed E-state index contributed by atoms with van der Waals surface area (Å²) < 4.78 is 14.6. The summed E-state index contributed by atoms with van der Waals surface area (Å²) in [5.74, 6) is 1.77. The molecule has 1 saturated heterocycles. The van der Waals surface area contributed by atoms with E-state index in [4.69, 9.17) is 9.47 Å². The highest BCUT2D eigenvalue weighted by molar-refractivity contribution is 6.02. The van der Waals surface area contributed by atoms with E-state index in [0.29, 0.717) is 66.8 Å². The number of aromatic amines is 1. The normalized spacial score (nSPS) is 18.4. The number of rotatable bonds is 5. The van der Waals surface area contributed by atoms with Crippen LogP contribution < -0.4 is 9.47 Å². The second kappa shape index (κ2) is 8.68. The number of aromatic nitrogens is 5. The molecule has 10 heteroatoms. The summed E-state index contributed by atoms with van der Waals surface area (Å²) in [5.41, 5.74) is 2.33. The molecular formula is C28H28N6O4. The molecule has 0 atom stereocenters. The highest BCUT2D eigenvalue weighted by Crippen LogP contribution is 2.42. The molecule has 2 aliphatic heterocycles. The molecule has 7 rings (SSSR count). The fourth-order valence-corrected chi connectivity index (χ4v) is 5.79. The van der Waals surface area contributed by atoms with Crippen LogP contribution >= 0.6 is 0 Å². The maximum absolute atomic E-state index is 13.6. The lowest BCUT2D eigenvalue weighted by Crippen LogP contribution is -2.52. The van der Waals surface area contributed by atoms with Crippen molar-refractivity contribution in [2.45, 2.75) is 50.7 Å². The zero-order valence-corrected chi connectivity index (χ0v) is 21.1. The summed E-state index contributed by atoms with van der Waals surface area (Å²) in [6, 6.07) is 11.9. The molecule has 10 nitrogen and oxygen atoms in total. The first-order valence-electron chi connectivity index (χ1n) is 13.2. The van der Waals surface area contributed by atoms with Crippen molar-refractivity contribution in [1.29, 1.82) is 0 Å². The number of benzene rings is 2. The van der Waals surface area contributed by atoms with Crippen LogP contribution in [0.15, 0.2) is 42.6 Å². The number of Topliss-reactive ketones (excluding diaryl/α,β-unsaturated/α-hetero) is 1. The van der Waals surface area contributed by atoms with Crippen LogP contribution in [-0.4, -0.2) is 67.1 Å². The van der Waals surface area contributed by atoms with Crippen molar-refractivity contribution in [3.8, 4) is 22.9 Å². The van der Waals surface area contributed by atoms with Gasteiger partial charge in [0.25, 0.3) is 5.91 Å². The number of carbonyl (C=O) groups excluding carboxylic acids is 2. The number of nitrogens with zero attached hydrogens (tertiary/aromatic N) is 5. The van der Waals surface area contributed by atoms with E-state index in [0.717, 1.165) is 16.7 Å². The third-order valence-electron chi connectivity index (χ3n) is 7.94. The zero-order valence-electron chi connectivity index (χ0n) is 21.1. The summed E-state index contributed by atoms with van der Waals surface area (Å²) in [6.45, 7) is 3.54. The Bertz CT molecular complexity index is 1550. The molecule has 1 amide bonds. The molecule has 4 heterocycles. The fraction of sp³-hybridized carbons (Fsp3) is 0.393. The Labute approximate surface area is 218 Å². The van der Waals surface area contributed by atoms with Gasteiger partial charge in [0.15, 0.2) is 5.78 Å². The SMILES string of the molecule is CCOc1cc(C(=O)N2CCC3(CC2)CC(=O)c2cc(-c4nn[nH]n4)ccc2O3)cc2c1ccn2C1CC1. The van der Waals surface area contributed by atoms with Gasteiger partial charge in [-0.25, -0.2) is 0 Å². The van der Waals surface area contributed by atoms with Crippen molar-refractivity contribution in [3.05, 3.63) is 53.7 Å². The van der Waals surface area contributed by atoms with Crippen LogP contribution in [0.2, 0.25) is 0 Å².